The van der Waals surface area contributed by atoms with Crippen LogP contribution in [0.15, 0.2) is 48.7 Å². The zero-order valence-corrected chi connectivity index (χ0v) is 13.2. The summed E-state index contributed by atoms with van der Waals surface area (Å²) in [6, 6.07) is 15.5. The molecule has 0 amide bonds. The maximum Gasteiger partial charge on any atom is 0.104 e. The van der Waals surface area contributed by atoms with E-state index in [9.17, 15) is 0 Å². The lowest BCUT2D eigenvalue weighted by atomic mass is 10.0. The van der Waals surface area contributed by atoms with Gasteiger partial charge in [-0.2, -0.15) is 0 Å². The lowest BCUT2D eigenvalue weighted by molar-refractivity contribution is 0.599. The third kappa shape index (κ3) is 1.76. The number of hydrogen-bond donors (Lipinski definition) is 1. The molecule has 110 valence electrons. The number of benzene rings is 1. The molecule has 5 rings (SSSR count). The summed E-state index contributed by atoms with van der Waals surface area (Å²) in [7, 11) is 0. The second-order valence-electron chi connectivity index (χ2n) is 6.17. The lowest BCUT2D eigenvalue weighted by Crippen LogP contribution is -2.21. The van der Waals surface area contributed by atoms with Crippen LogP contribution in [0.1, 0.15) is 39.7 Å². The minimum absolute atomic E-state index is 0.271. The fraction of sp³-hybridized carbons (Fsp3) is 0.263. The Bertz CT molecular complexity index is 828. The van der Waals surface area contributed by atoms with Crippen LogP contribution in [-0.4, -0.2) is 4.57 Å². The van der Waals surface area contributed by atoms with Gasteiger partial charge in [0.2, 0.25) is 0 Å². The van der Waals surface area contributed by atoms with Gasteiger partial charge in [0.1, 0.15) is 5.00 Å². The summed E-state index contributed by atoms with van der Waals surface area (Å²) in [6.07, 6.45) is 6.08. The molecule has 1 atom stereocenters. The van der Waals surface area contributed by atoms with E-state index >= 15 is 0 Å². The zero-order valence-electron chi connectivity index (χ0n) is 12.4. The van der Waals surface area contributed by atoms with E-state index < -0.39 is 0 Å². The Balaban J connectivity index is 1.68. The molecule has 0 bridgehead atoms. The van der Waals surface area contributed by atoms with Crippen LogP contribution in [0.2, 0.25) is 0 Å². The van der Waals surface area contributed by atoms with Gasteiger partial charge in [-0.1, -0.05) is 30.3 Å². The number of hydrogen-bond acceptors (Lipinski definition) is 2. The summed E-state index contributed by atoms with van der Waals surface area (Å²) in [6.45, 7) is 0.975. The molecule has 2 aromatic heterocycles. The first-order valence-corrected chi connectivity index (χ1v) is 8.83. The molecule has 0 fully saturated rings. The third-order valence-corrected chi connectivity index (χ3v) is 6.25. The molecule has 2 aliphatic rings. The Labute approximate surface area is 134 Å². The van der Waals surface area contributed by atoms with Gasteiger partial charge in [0, 0.05) is 28.9 Å². The monoisotopic (exact) mass is 306 g/mol. The highest BCUT2D eigenvalue weighted by Gasteiger charge is 2.28. The molecule has 1 aliphatic carbocycles. The van der Waals surface area contributed by atoms with Crippen LogP contribution in [0.4, 0.5) is 0 Å². The van der Waals surface area contributed by atoms with Gasteiger partial charge >= 0.3 is 0 Å². The molecule has 3 aromatic rings. The molecule has 1 aromatic carbocycles. The first-order chi connectivity index (χ1) is 10.9. The van der Waals surface area contributed by atoms with Gasteiger partial charge < -0.3 is 9.88 Å². The van der Waals surface area contributed by atoms with Gasteiger partial charge in [-0.05, 0) is 42.5 Å². The Morgan fingerprint density at radius 1 is 1.00 bits per heavy atom. The SMILES string of the molecule is c1ccc([C@@H]2NCc3c(sc4c3CCC4)-n3cccc32)cc1. The van der Waals surface area contributed by atoms with Crippen LogP contribution >= 0.6 is 11.3 Å². The van der Waals surface area contributed by atoms with Gasteiger partial charge in [0.25, 0.3) is 0 Å². The summed E-state index contributed by atoms with van der Waals surface area (Å²) in [4.78, 5) is 1.62. The number of fused-ring (bicyclic) bond motifs is 5. The van der Waals surface area contributed by atoms with Crippen molar-refractivity contribution in [1.29, 1.82) is 0 Å². The molecule has 0 spiro atoms. The van der Waals surface area contributed by atoms with Crippen LogP contribution in [0, 0.1) is 0 Å². The van der Waals surface area contributed by atoms with Gasteiger partial charge in [-0.15, -0.1) is 11.3 Å². The van der Waals surface area contributed by atoms with Gasteiger partial charge in [0.05, 0.1) is 6.04 Å². The number of nitrogens with zero attached hydrogens (tertiary/aromatic N) is 1. The molecule has 1 N–H and O–H groups in total. The number of aryl methyl sites for hydroxylation is 1. The predicted molar refractivity (Wildman–Crippen MR) is 90.8 cm³/mol. The Kier molecular flexibility index (Phi) is 2.79. The van der Waals surface area contributed by atoms with Crippen molar-refractivity contribution in [3.63, 3.8) is 0 Å². The van der Waals surface area contributed by atoms with Gasteiger partial charge in [-0.3, -0.25) is 0 Å². The van der Waals surface area contributed by atoms with Crippen molar-refractivity contribution in [2.45, 2.75) is 31.8 Å². The maximum absolute atomic E-state index is 3.80. The normalized spacial score (nSPS) is 19.4. The zero-order chi connectivity index (χ0) is 14.5. The van der Waals surface area contributed by atoms with Gasteiger partial charge in [-0.25, -0.2) is 0 Å². The van der Waals surface area contributed by atoms with Crippen LogP contribution < -0.4 is 5.32 Å². The number of thiophene rings is 1. The third-order valence-electron chi connectivity index (χ3n) is 4.92. The largest absolute Gasteiger partial charge is 0.310 e. The highest BCUT2D eigenvalue weighted by Crippen LogP contribution is 2.41. The van der Waals surface area contributed by atoms with E-state index in [1.165, 1.54) is 41.1 Å². The lowest BCUT2D eigenvalue weighted by Gasteiger charge is -2.18. The van der Waals surface area contributed by atoms with Crippen molar-refractivity contribution in [2.75, 3.05) is 0 Å². The molecule has 2 nitrogen and oxygen atoms in total. The molecular weight excluding hydrogens is 288 g/mol. The summed E-state index contributed by atoms with van der Waals surface area (Å²) >= 11 is 2.01. The van der Waals surface area contributed by atoms with E-state index in [0.29, 0.717) is 0 Å². The Morgan fingerprint density at radius 2 is 1.91 bits per heavy atom. The van der Waals surface area contributed by atoms with Crippen molar-refractivity contribution in [3.05, 3.63) is 75.9 Å². The summed E-state index contributed by atoms with van der Waals surface area (Å²) < 4.78 is 2.41. The van der Waals surface area contributed by atoms with E-state index in [4.69, 9.17) is 0 Å². The van der Waals surface area contributed by atoms with Crippen molar-refractivity contribution in [1.82, 2.24) is 9.88 Å². The highest BCUT2D eigenvalue weighted by molar-refractivity contribution is 7.15. The number of aromatic nitrogens is 1. The van der Waals surface area contributed by atoms with Crippen molar-refractivity contribution in [2.24, 2.45) is 0 Å². The molecular formula is C19H18N2S. The van der Waals surface area contributed by atoms with Crippen LogP contribution in [0.3, 0.4) is 0 Å². The average molecular weight is 306 g/mol. The topological polar surface area (TPSA) is 17.0 Å². The number of rotatable bonds is 1. The molecule has 22 heavy (non-hydrogen) atoms. The fourth-order valence-electron chi connectivity index (χ4n) is 3.89. The molecule has 0 saturated heterocycles. The van der Waals surface area contributed by atoms with Crippen molar-refractivity contribution in [3.8, 4) is 5.00 Å². The summed E-state index contributed by atoms with van der Waals surface area (Å²) in [5.74, 6) is 0. The molecule has 3 heteroatoms. The van der Waals surface area contributed by atoms with Gasteiger partial charge in [0.15, 0.2) is 0 Å². The first-order valence-electron chi connectivity index (χ1n) is 8.01. The standard InChI is InChI=1S/C19H18N2S/c1-2-6-13(7-3-1)18-16-9-5-11-21(16)19-15(12-20-18)14-8-4-10-17(14)22-19/h1-3,5-7,9,11,18,20H,4,8,10,12H2/t18-/m0/s1. The number of nitrogens with one attached hydrogen (secondary N) is 1. The molecule has 0 saturated carbocycles. The van der Waals surface area contributed by atoms with E-state index in [2.05, 4.69) is 58.5 Å². The minimum Gasteiger partial charge on any atom is -0.310 e. The molecule has 0 unspecified atom stereocenters. The summed E-state index contributed by atoms with van der Waals surface area (Å²) in [5.41, 5.74) is 5.85. The second-order valence-corrected chi connectivity index (χ2v) is 7.25. The quantitative estimate of drug-likeness (QED) is 0.712. The van der Waals surface area contributed by atoms with E-state index in [1.54, 1.807) is 10.4 Å². The van der Waals surface area contributed by atoms with Crippen LogP contribution in [0.5, 0.6) is 0 Å². The summed E-state index contributed by atoms with van der Waals surface area (Å²) in [5, 5.41) is 5.24. The van der Waals surface area contributed by atoms with Crippen LogP contribution in [0.25, 0.3) is 5.00 Å². The van der Waals surface area contributed by atoms with Crippen LogP contribution in [-0.2, 0) is 19.4 Å². The van der Waals surface area contributed by atoms with Crippen molar-refractivity contribution >= 4 is 11.3 Å². The van der Waals surface area contributed by atoms with E-state index in [0.717, 1.165) is 6.54 Å². The molecule has 0 radical (unpaired) electrons. The van der Waals surface area contributed by atoms with E-state index in [-0.39, 0.29) is 6.04 Å². The predicted octanol–water partition coefficient (Wildman–Crippen LogP) is 4.22. The molecule has 3 heterocycles. The maximum atomic E-state index is 3.80. The van der Waals surface area contributed by atoms with E-state index in [1.807, 2.05) is 11.3 Å². The second kappa shape index (κ2) is 4.83. The highest BCUT2D eigenvalue weighted by atomic mass is 32.1. The minimum atomic E-state index is 0.271. The smallest absolute Gasteiger partial charge is 0.104 e. The Morgan fingerprint density at radius 3 is 2.82 bits per heavy atom. The average Bonchev–Trinajstić information content (AvgIpc) is 3.23. The van der Waals surface area contributed by atoms with Crippen molar-refractivity contribution < 1.29 is 0 Å². The first kappa shape index (κ1) is 12.7. The molecule has 1 aliphatic heterocycles. The fourth-order valence-corrected chi connectivity index (χ4v) is 5.30. The Hall–Kier alpha value is -1.84.